The van der Waals surface area contributed by atoms with Crippen molar-refractivity contribution in [3.63, 3.8) is 0 Å². The van der Waals surface area contributed by atoms with E-state index in [1.807, 2.05) is 24.4 Å². The fraction of sp³-hybridized carbons (Fsp3) is 0.333. The number of hydrogen-bond acceptors (Lipinski definition) is 5. The lowest BCUT2D eigenvalue weighted by Gasteiger charge is -2.00. The van der Waals surface area contributed by atoms with Crippen LogP contribution in [0.15, 0.2) is 21.9 Å². The SMILES string of the molecule is Cc1oc(-c2cccs2)nc1CC(=O)NCCN.Cl.Cl. The summed E-state index contributed by atoms with van der Waals surface area (Å²) in [5, 5.41) is 4.67. The molecule has 2 aromatic heterocycles. The normalized spacial score (nSPS) is 9.50. The summed E-state index contributed by atoms with van der Waals surface area (Å²) in [5.74, 6) is 1.17. The fourth-order valence-corrected chi connectivity index (χ4v) is 2.17. The predicted molar refractivity (Wildman–Crippen MR) is 84.8 cm³/mol. The van der Waals surface area contributed by atoms with E-state index in [1.54, 1.807) is 11.3 Å². The third-order valence-electron chi connectivity index (χ3n) is 2.42. The first kappa shape index (κ1) is 18.9. The molecule has 0 aromatic carbocycles. The average Bonchev–Trinajstić information content (AvgIpc) is 2.97. The van der Waals surface area contributed by atoms with Gasteiger partial charge < -0.3 is 15.5 Å². The van der Waals surface area contributed by atoms with E-state index in [2.05, 4.69) is 10.3 Å². The Hall–Kier alpha value is -1.08. The molecule has 0 saturated carbocycles. The third-order valence-corrected chi connectivity index (χ3v) is 3.28. The number of nitrogens with zero attached hydrogens (tertiary/aromatic N) is 1. The number of carbonyl (C=O) groups excluding carboxylic acids is 1. The molecule has 2 heterocycles. The van der Waals surface area contributed by atoms with Crippen LogP contribution in [0.4, 0.5) is 0 Å². The summed E-state index contributed by atoms with van der Waals surface area (Å²) in [4.78, 5) is 16.9. The van der Waals surface area contributed by atoms with E-state index in [1.165, 1.54) is 0 Å². The van der Waals surface area contributed by atoms with Crippen molar-refractivity contribution in [3.8, 4) is 10.8 Å². The van der Waals surface area contributed by atoms with Crippen molar-refractivity contribution in [3.05, 3.63) is 29.0 Å². The van der Waals surface area contributed by atoms with Gasteiger partial charge in [-0.25, -0.2) is 4.98 Å². The largest absolute Gasteiger partial charge is 0.440 e. The van der Waals surface area contributed by atoms with Gasteiger partial charge in [-0.1, -0.05) is 6.07 Å². The molecule has 0 fully saturated rings. The topological polar surface area (TPSA) is 81.2 Å². The number of halogens is 2. The van der Waals surface area contributed by atoms with Gasteiger partial charge in [0.1, 0.15) is 5.76 Å². The lowest BCUT2D eigenvalue weighted by Crippen LogP contribution is -2.30. The Morgan fingerprint density at radius 2 is 2.25 bits per heavy atom. The Labute approximate surface area is 133 Å². The number of thiophene rings is 1. The van der Waals surface area contributed by atoms with E-state index in [-0.39, 0.29) is 37.1 Å². The molecule has 5 nitrogen and oxygen atoms in total. The number of aromatic nitrogens is 1. The fourth-order valence-electron chi connectivity index (χ4n) is 1.52. The number of oxazole rings is 1. The highest BCUT2D eigenvalue weighted by molar-refractivity contribution is 7.13. The summed E-state index contributed by atoms with van der Waals surface area (Å²) in [5.41, 5.74) is 5.99. The van der Waals surface area contributed by atoms with Crippen LogP contribution in [0.2, 0.25) is 0 Å². The number of aryl methyl sites for hydroxylation is 1. The van der Waals surface area contributed by atoms with Gasteiger partial charge >= 0.3 is 0 Å². The average molecular weight is 338 g/mol. The van der Waals surface area contributed by atoms with E-state index < -0.39 is 0 Å². The van der Waals surface area contributed by atoms with Gasteiger partial charge in [-0.3, -0.25) is 4.79 Å². The molecule has 1 amide bonds. The first-order chi connectivity index (χ1) is 8.70. The lowest BCUT2D eigenvalue weighted by atomic mass is 10.2. The monoisotopic (exact) mass is 337 g/mol. The van der Waals surface area contributed by atoms with Crippen LogP contribution in [0.1, 0.15) is 11.5 Å². The molecule has 20 heavy (non-hydrogen) atoms. The molecule has 0 spiro atoms. The predicted octanol–water partition coefficient (Wildman–Crippen LogP) is 2.17. The van der Waals surface area contributed by atoms with Gasteiger partial charge in [0.25, 0.3) is 0 Å². The maximum atomic E-state index is 11.6. The van der Waals surface area contributed by atoms with Gasteiger partial charge in [0.2, 0.25) is 11.8 Å². The Balaban J connectivity index is 0.00000180. The maximum Gasteiger partial charge on any atom is 0.236 e. The van der Waals surface area contributed by atoms with E-state index in [0.29, 0.717) is 30.4 Å². The lowest BCUT2D eigenvalue weighted by molar-refractivity contribution is -0.120. The summed E-state index contributed by atoms with van der Waals surface area (Å²) in [6, 6.07) is 3.88. The number of nitrogens with one attached hydrogen (secondary N) is 1. The standard InChI is InChI=1S/C12H15N3O2S.2ClH/c1-8-9(7-11(16)14-5-4-13)15-12(17-8)10-3-2-6-18-10;;/h2-3,6H,4-5,7,13H2,1H3,(H,14,16);2*1H. The zero-order valence-corrected chi connectivity index (χ0v) is 13.4. The van der Waals surface area contributed by atoms with Crippen molar-refractivity contribution < 1.29 is 9.21 Å². The van der Waals surface area contributed by atoms with Gasteiger partial charge in [-0.05, 0) is 18.4 Å². The van der Waals surface area contributed by atoms with Crippen LogP contribution in [0, 0.1) is 6.92 Å². The van der Waals surface area contributed by atoms with Crippen LogP contribution in [0.5, 0.6) is 0 Å². The van der Waals surface area contributed by atoms with Crippen molar-refractivity contribution in [2.45, 2.75) is 13.3 Å². The molecular formula is C12H17Cl2N3O2S. The molecular weight excluding hydrogens is 321 g/mol. The number of nitrogens with two attached hydrogens (primary N) is 1. The molecule has 0 aliphatic heterocycles. The van der Waals surface area contributed by atoms with Crippen LogP contribution in [-0.2, 0) is 11.2 Å². The van der Waals surface area contributed by atoms with Crippen molar-refractivity contribution in [2.24, 2.45) is 5.73 Å². The summed E-state index contributed by atoms with van der Waals surface area (Å²) in [7, 11) is 0. The molecule has 2 rings (SSSR count). The zero-order chi connectivity index (χ0) is 13.0. The Morgan fingerprint density at radius 1 is 1.50 bits per heavy atom. The maximum absolute atomic E-state index is 11.6. The minimum atomic E-state index is -0.0884. The summed E-state index contributed by atoms with van der Waals surface area (Å²) >= 11 is 1.56. The Kier molecular flexibility index (Phi) is 8.48. The zero-order valence-electron chi connectivity index (χ0n) is 10.9. The third kappa shape index (κ3) is 4.79. The van der Waals surface area contributed by atoms with Crippen molar-refractivity contribution in [2.75, 3.05) is 13.1 Å². The van der Waals surface area contributed by atoms with Crippen molar-refractivity contribution >= 4 is 42.1 Å². The minimum Gasteiger partial charge on any atom is -0.440 e. The Morgan fingerprint density at radius 3 is 2.85 bits per heavy atom. The number of carbonyl (C=O) groups is 1. The van der Waals surface area contributed by atoms with Gasteiger partial charge in [0, 0.05) is 13.1 Å². The van der Waals surface area contributed by atoms with Gasteiger partial charge in [-0.15, -0.1) is 36.2 Å². The number of amides is 1. The second-order valence-electron chi connectivity index (χ2n) is 3.81. The smallest absolute Gasteiger partial charge is 0.236 e. The quantitative estimate of drug-likeness (QED) is 0.875. The van der Waals surface area contributed by atoms with Crippen molar-refractivity contribution in [1.29, 1.82) is 0 Å². The molecule has 112 valence electrons. The molecule has 0 radical (unpaired) electrons. The first-order valence-electron chi connectivity index (χ1n) is 5.67. The molecule has 2 aromatic rings. The van der Waals surface area contributed by atoms with Crippen LogP contribution >= 0.6 is 36.2 Å². The second kappa shape index (κ2) is 8.97. The van der Waals surface area contributed by atoms with Gasteiger partial charge in [-0.2, -0.15) is 0 Å². The minimum absolute atomic E-state index is 0. The Bertz CT molecular complexity index is 529. The number of rotatable bonds is 5. The first-order valence-corrected chi connectivity index (χ1v) is 6.55. The van der Waals surface area contributed by atoms with Gasteiger partial charge in [0.15, 0.2) is 0 Å². The molecule has 8 heteroatoms. The molecule has 0 aliphatic rings. The highest BCUT2D eigenvalue weighted by atomic mass is 35.5. The molecule has 0 aliphatic carbocycles. The van der Waals surface area contributed by atoms with E-state index in [9.17, 15) is 4.79 Å². The van der Waals surface area contributed by atoms with Crippen LogP contribution in [0.25, 0.3) is 10.8 Å². The van der Waals surface area contributed by atoms with Crippen molar-refractivity contribution in [1.82, 2.24) is 10.3 Å². The molecule has 0 unspecified atom stereocenters. The number of hydrogen-bond donors (Lipinski definition) is 2. The molecule has 0 bridgehead atoms. The molecule has 0 saturated heterocycles. The van der Waals surface area contributed by atoms with Crippen LogP contribution < -0.4 is 11.1 Å². The van der Waals surface area contributed by atoms with E-state index in [4.69, 9.17) is 10.2 Å². The summed E-state index contributed by atoms with van der Waals surface area (Å²) in [6.45, 7) is 2.73. The van der Waals surface area contributed by atoms with E-state index >= 15 is 0 Å². The highest BCUT2D eigenvalue weighted by Crippen LogP contribution is 2.25. The summed E-state index contributed by atoms with van der Waals surface area (Å²) in [6.07, 6.45) is 0.223. The van der Waals surface area contributed by atoms with Crippen LogP contribution in [-0.4, -0.2) is 24.0 Å². The molecule has 3 N–H and O–H groups in total. The molecule has 0 atom stereocenters. The summed E-state index contributed by atoms with van der Waals surface area (Å²) < 4.78 is 5.56. The highest BCUT2D eigenvalue weighted by Gasteiger charge is 2.14. The second-order valence-corrected chi connectivity index (χ2v) is 4.76. The van der Waals surface area contributed by atoms with Crippen LogP contribution in [0.3, 0.4) is 0 Å². The van der Waals surface area contributed by atoms with E-state index in [0.717, 1.165) is 4.88 Å². The van der Waals surface area contributed by atoms with Gasteiger partial charge in [0.05, 0.1) is 17.0 Å².